The van der Waals surface area contributed by atoms with Gasteiger partial charge < -0.3 is 4.90 Å². The third-order valence-electron chi connectivity index (χ3n) is 3.15. The lowest BCUT2D eigenvalue weighted by Crippen LogP contribution is -2.44. The van der Waals surface area contributed by atoms with Gasteiger partial charge in [-0.2, -0.15) is 0 Å². The van der Waals surface area contributed by atoms with Crippen molar-refractivity contribution in [2.24, 2.45) is 0 Å². The van der Waals surface area contributed by atoms with E-state index in [1.165, 1.54) is 18.7 Å². The van der Waals surface area contributed by atoms with Crippen molar-refractivity contribution in [3.05, 3.63) is 28.0 Å². The minimum atomic E-state index is 0.923. The number of rotatable bonds is 2. The van der Waals surface area contributed by atoms with Gasteiger partial charge in [-0.1, -0.05) is 6.07 Å². The number of hydrogen-bond donors (Lipinski definition) is 0. The summed E-state index contributed by atoms with van der Waals surface area (Å²) >= 11 is 3.40. The van der Waals surface area contributed by atoms with Crippen LogP contribution in [-0.4, -0.2) is 48.0 Å². The lowest BCUT2D eigenvalue weighted by atomic mass is 10.2. The van der Waals surface area contributed by atoms with Crippen LogP contribution in [-0.2, 0) is 6.54 Å². The number of likely N-dealkylation sites (N-methyl/N-ethyl adjacent to an activating group) is 1. The summed E-state index contributed by atoms with van der Waals surface area (Å²) in [5.41, 5.74) is 2.47. The van der Waals surface area contributed by atoms with E-state index in [9.17, 15) is 0 Å². The molecule has 0 atom stereocenters. The monoisotopic (exact) mass is 283 g/mol. The second kappa shape index (κ2) is 5.25. The Morgan fingerprint density at radius 1 is 1.25 bits per heavy atom. The lowest BCUT2D eigenvalue weighted by Gasteiger charge is -2.32. The second-order valence-corrected chi connectivity index (χ2v) is 5.27. The molecule has 0 spiro atoms. The van der Waals surface area contributed by atoms with Crippen LogP contribution in [0.25, 0.3) is 0 Å². The Labute approximate surface area is 106 Å². The molecule has 2 heterocycles. The fourth-order valence-electron chi connectivity index (χ4n) is 1.97. The highest BCUT2D eigenvalue weighted by atomic mass is 79.9. The zero-order chi connectivity index (χ0) is 11.5. The smallest absolute Gasteiger partial charge is 0.106 e. The van der Waals surface area contributed by atoms with Crippen molar-refractivity contribution in [2.45, 2.75) is 13.5 Å². The van der Waals surface area contributed by atoms with E-state index in [0.717, 1.165) is 29.9 Å². The Bertz CT molecular complexity index is 359. The molecule has 16 heavy (non-hydrogen) atoms. The molecular weight excluding hydrogens is 266 g/mol. The molecule has 0 unspecified atom stereocenters. The number of hydrogen-bond acceptors (Lipinski definition) is 3. The molecule has 1 aromatic heterocycles. The van der Waals surface area contributed by atoms with Crippen LogP contribution in [0.5, 0.6) is 0 Å². The Hall–Kier alpha value is -0.450. The molecule has 0 amide bonds. The van der Waals surface area contributed by atoms with Crippen LogP contribution >= 0.6 is 15.9 Å². The average Bonchev–Trinajstić information content (AvgIpc) is 2.25. The molecule has 0 aliphatic carbocycles. The minimum absolute atomic E-state index is 0.923. The SMILES string of the molecule is Cc1nc(Br)ccc1CN1CCN(C)CC1. The fraction of sp³-hybridized carbons (Fsp3) is 0.583. The van der Waals surface area contributed by atoms with Gasteiger partial charge in [0.2, 0.25) is 0 Å². The number of piperazine rings is 1. The Morgan fingerprint density at radius 3 is 2.56 bits per heavy atom. The summed E-state index contributed by atoms with van der Waals surface area (Å²) in [7, 11) is 2.18. The summed E-state index contributed by atoms with van der Waals surface area (Å²) in [6.07, 6.45) is 0. The van der Waals surface area contributed by atoms with E-state index in [2.05, 4.69) is 50.8 Å². The number of nitrogens with zero attached hydrogens (tertiary/aromatic N) is 3. The predicted molar refractivity (Wildman–Crippen MR) is 69.4 cm³/mol. The summed E-state index contributed by atoms with van der Waals surface area (Å²) < 4.78 is 0.923. The molecule has 1 fully saturated rings. The maximum Gasteiger partial charge on any atom is 0.106 e. The highest BCUT2D eigenvalue weighted by molar-refractivity contribution is 9.10. The molecule has 1 saturated heterocycles. The Morgan fingerprint density at radius 2 is 1.94 bits per heavy atom. The molecule has 0 bridgehead atoms. The Kier molecular flexibility index (Phi) is 3.95. The first-order chi connectivity index (χ1) is 7.65. The lowest BCUT2D eigenvalue weighted by molar-refractivity contribution is 0.148. The number of halogens is 1. The molecule has 1 aliphatic rings. The summed E-state index contributed by atoms with van der Waals surface area (Å²) in [6, 6.07) is 4.20. The third kappa shape index (κ3) is 3.03. The number of aromatic nitrogens is 1. The first kappa shape index (κ1) is 12.0. The first-order valence-electron chi connectivity index (χ1n) is 5.68. The van der Waals surface area contributed by atoms with Crippen molar-refractivity contribution in [2.75, 3.05) is 33.2 Å². The highest BCUT2D eigenvalue weighted by Gasteiger charge is 2.14. The predicted octanol–water partition coefficient (Wildman–Crippen LogP) is 1.90. The van der Waals surface area contributed by atoms with Gasteiger partial charge in [-0.25, -0.2) is 4.98 Å². The second-order valence-electron chi connectivity index (χ2n) is 4.46. The van der Waals surface area contributed by atoms with Crippen molar-refractivity contribution in [3.63, 3.8) is 0 Å². The van der Waals surface area contributed by atoms with Crippen LogP contribution in [0.1, 0.15) is 11.3 Å². The van der Waals surface area contributed by atoms with E-state index in [-0.39, 0.29) is 0 Å². The van der Waals surface area contributed by atoms with Crippen molar-refractivity contribution in [1.82, 2.24) is 14.8 Å². The maximum absolute atomic E-state index is 4.43. The van der Waals surface area contributed by atoms with Crippen LogP contribution < -0.4 is 0 Å². The van der Waals surface area contributed by atoms with Gasteiger partial charge in [0, 0.05) is 38.4 Å². The molecule has 4 heteroatoms. The van der Waals surface area contributed by atoms with Gasteiger partial charge in [-0.15, -0.1) is 0 Å². The molecular formula is C12H18BrN3. The topological polar surface area (TPSA) is 19.4 Å². The largest absolute Gasteiger partial charge is 0.304 e. The van der Waals surface area contributed by atoms with Crippen LogP contribution in [0.15, 0.2) is 16.7 Å². The van der Waals surface area contributed by atoms with Gasteiger partial charge in [0.15, 0.2) is 0 Å². The summed E-state index contributed by atoms with van der Waals surface area (Å²) in [4.78, 5) is 9.31. The normalized spacial score (nSPS) is 18.9. The zero-order valence-corrected chi connectivity index (χ0v) is 11.5. The van der Waals surface area contributed by atoms with E-state index >= 15 is 0 Å². The first-order valence-corrected chi connectivity index (χ1v) is 6.47. The summed E-state index contributed by atoms with van der Waals surface area (Å²) in [5.74, 6) is 0. The van der Waals surface area contributed by atoms with E-state index in [4.69, 9.17) is 0 Å². The van der Waals surface area contributed by atoms with E-state index in [1.54, 1.807) is 0 Å². The van der Waals surface area contributed by atoms with Crippen molar-refractivity contribution in [3.8, 4) is 0 Å². The van der Waals surface area contributed by atoms with Crippen molar-refractivity contribution >= 4 is 15.9 Å². The fourth-order valence-corrected chi connectivity index (χ4v) is 2.37. The van der Waals surface area contributed by atoms with Gasteiger partial charge >= 0.3 is 0 Å². The molecule has 0 radical (unpaired) electrons. The van der Waals surface area contributed by atoms with E-state index in [0.29, 0.717) is 0 Å². The van der Waals surface area contributed by atoms with E-state index < -0.39 is 0 Å². The van der Waals surface area contributed by atoms with Gasteiger partial charge in [0.05, 0.1) is 0 Å². The van der Waals surface area contributed by atoms with Crippen LogP contribution in [0.4, 0.5) is 0 Å². The van der Waals surface area contributed by atoms with Crippen molar-refractivity contribution < 1.29 is 0 Å². The highest BCUT2D eigenvalue weighted by Crippen LogP contribution is 2.14. The molecule has 2 rings (SSSR count). The quantitative estimate of drug-likeness (QED) is 0.773. The minimum Gasteiger partial charge on any atom is -0.304 e. The standard InChI is InChI=1S/C12H18BrN3/c1-10-11(3-4-12(13)14-10)9-16-7-5-15(2)6-8-16/h3-4H,5-9H2,1-2H3. The van der Waals surface area contributed by atoms with Crippen LogP contribution in [0.2, 0.25) is 0 Å². The zero-order valence-electron chi connectivity index (χ0n) is 9.91. The van der Waals surface area contributed by atoms with Gasteiger partial charge in [-0.3, -0.25) is 4.90 Å². The molecule has 3 nitrogen and oxygen atoms in total. The van der Waals surface area contributed by atoms with Gasteiger partial charge in [0.25, 0.3) is 0 Å². The summed E-state index contributed by atoms with van der Waals surface area (Å²) in [6.45, 7) is 7.76. The molecule has 0 saturated carbocycles. The summed E-state index contributed by atoms with van der Waals surface area (Å²) in [5, 5.41) is 0. The molecule has 0 aromatic carbocycles. The van der Waals surface area contributed by atoms with Crippen LogP contribution in [0.3, 0.4) is 0 Å². The molecule has 1 aliphatic heterocycles. The maximum atomic E-state index is 4.43. The van der Waals surface area contributed by atoms with Gasteiger partial charge in [-0.05, 0) is 41.5 Å². The van der Waals surface area contributed by atoms with Gasteiger partial charge in [0.1, 0.15) is 4.60 Å². The third-order valence-corrected chi connectivity index (χ3v) is 3.59. The Balaban J connectivity index is 1.98. The molecule has 88 valence electrons. The van der Waals surface area contributed by atoms with Crippen LogP contribution in [0, 0.1) is 6.92 Å². The molecule has 1 aromatic rings. The molecule has 0 N–H and O–H groups in total. The number of pyridine rings is 1. The van der Waals surface area contributed by atoms with E-state index in [1.807, 2.05) is 6.07 Å². The number of aryl methyl sites for hydroxylation is 1. The average molecular weight is 284 g/mol. The van der Waals surface area contributed by atoms with Crippen molar-refractivity contribution in [1.29, 1.82) is 0 Å².